The largest absolute Gasteiger partial charge is 0.618 e. The zero-order valence-electron chi connectivity index (χ0n) is 10.8. The van der Waals surface area contributed by atoms with Crippen LogP contribution in [-0.2, 0) is 6.18 Å². The molecule has 7 heteroatoms. The fraction of sp³-hybridized carbons (Fsp3) is 0.0667. The smallest absolute Gasteiger partial charge is 0.416 e. The Kier molecular flexibility index (Phi) is 3.32. The Morgan fingerprint density at radius 2 is 1.82 bits per heavy atom. The van der Waals surface area contributed by atoms with E-state index < -0.39 is 17.5 Å². The number of benzene rings is 2. The number of carbonyl (C=O) groups excluding carboxylic acids is 1. The van der Waals surface area contributed by atoms with Crippen LogP contribution in [0.1, 0.15) is 21.5 Å². The number of ketones is 1. The van der Waals surface area contributed by atoms with E-state index in [1.165, 1.54) is 0 Å². The average molecular weight is 370 g/mol. The van der Waals surface area contributed by atoms with Crippen molar-refractivity contribution < 1.29 is 22.7 Å². The van der Waals surface area contributed by atoms with Gasteiger partial charge in [0.05, 0.1) is 11.1 Å². The maximum atomic E-state index is 12.7. The summed E-state index contributed by atoms with van der Waals surface area (Å²) in [5.74, 6) is -0.586. The van der Waals surface area contributed by atoms with Gasteiger partial charge in [0, 0.05) is 10.5 Å². The zero-order valence-corrected chi connectivity index (χ0v) is 12.4. The number of nitrogens with zero attached hydrogens (tertiary/aromatic N) is 1. The second kappa shape index (κ2) is 4.95. The monoisotopic (exact) mass is 369 g/mol. The molecule has 0 radical (unpaired) electrons. The van der Waals surface area contributed by atoms with E-state index in [4.69, 9.17) is 0 Å². The molecule has 1 aliphatic heterocycles. The minimum absolute atomic E-state index is 0.0297. The lowest BCUT2D eigenvalue weighted by atomic mass is 10.0. The molecule has 0 saturated heterocycles. The van der Waals surface area contributed by atoms with Crippen LogP contribution in [0.2, 0.25) is 0 Å². The van der Waals surface area contributed by atoms with Crippen LogP contribution in [0.3, 0.4) is 0 Å². The Labute approximate surface area is 131 Å². The molecule has 0 unspecified atom stereocenters. The maximum absolute atomic E-state index is 12.7. The van der Waals surface area contributed by atoms with Crippen molar-refractivity contribution in [3.63, 3.8) is 0 Å². The highest BCUT2D eigenvalue weighted by Gasteiger charge is 2.40. The van der Waals surface area contributed by atoms with E-state index in [2.05, 4.69) is 15.9 Å². The van der Waals surface area contributed by atoms with E-state index in [1.807, 2.05) is 0 Å². The molecule has 0 aliphatic carbocycles. The molecule has 0 saturated carbocycles. The van der Waals surface area contributed by atoms with Crippen molar-refractivity contribution in [1.82, 2.24) is 0 Å². The van der Waals surface area contributed by atoms with Crippen LogP contribution >= 0.6 is 15.9 Å². The van der Waals surface area contributed by atoms with Gasteiger partial charge < -0.3 is 5.21 Å². The molecule has 112 valence electrons. The van der Waals surface area contributed by atoms with Crippen LogP contribution in [0.15, 0.2) is 46.9 Å². The molecule has 0 spiro atoms. The van der Waals surface area contributed by atoms with Gasteiger partial charge in [-0.1, -0.05) is 22.0 Å². The lowest BCUT2D eigenvalue weighted by molar-refractivity contribution is -0.355. The van der Waals surface area contributed by atoms with E-state index in [-0.39, 0.29) is 21.7 Å². The van der Waals surface area contributed by atoms with Gasteiger partial charge >= 0.3 is 6.18 Å². The number of rotatable bonds is 1. The molecular formula is C15H7BrF3NO2. The maximum Gasteiger partial charge on any atom is 0.416 e. The molecule has 22 heavy (non-hydrogen) atoms. The van der Waals surface area contributed by atoms with Gasteiger partial charge in [0.15, 0.2) is 0 Å². The van der Waals surface area contributed by atoms with Gasteiger partial charge in [-0.2, -0.15) is 17.9 Å². The van der Waals surface area contributed by atoms with Crippen molar-refractivity contribution in [1.29, 1.82) is 0 Å². The molecule has 0 amide bonds. The van der Waals surface area contributed by atoms with Crippen LogP contribution in [0.4, 0.5) is 18.9 Å². The molecule has 0 fully saturated rings. The molecule has 0 bridgehead atoms. The summed E-state index contributed by atoms with van der Waals surface area (Å²) in [5, 5.41) is 12.3. The number of carbonyl (C=O) groups is 1. The number of fused-ring (bicyclic) bond motifs is 1. The normalized spacial score (nSPS) is 14.5. The molecule has 2 aromatic carbocycles. The van der Waals surface area contributed by atoms with Crippen molar-refractivity contribution >= 4 is 33.1 Å². The highest BCUT2D eigenvalue weighted by atomic mass is 79.9. The van der Waals surface area contributed by atoms with Gasteiger partial charge in [0.25, 0.3) is 11.5 Å². The topological polar surface area (TPSA) is 43.1 Å². The third kappa shape index (κ3) is 2.31. The van der Waals surface area contributed by atoms with E-state index in [0.717, 1.165) is 12.1 Å². The Morgan fingerprint density at radius 1 is 1.09 bits per heavy atom. The summed E-state index contributed by atoms with van der Waals surface area (Å²) in [7, 11) is 0. The number of Topliss-reactive ketones (excluding diaryl/α,β-unsaturated/α-hetero) is 1. The molecule has 0 atom stereocenters. The summed E-state index contributed by atoms with van der Waals surface area (Å²) in [6.07, 6.45) is -4.57. The van der Waals surface area contributed by atoms with Gasteiger partial charge in [0.1, 0.15) is 5.56 Å². The first kappa shape index (κ1) is 14.8. The van der Waals surface area contributed by atoms with E-state index in [9.17, 15) is 23.2 Å². The van der Waals surface area contributed by atoms with Crippen LogP contribution in [0.5, 0.6) is 0 Å². The van der Waals surface area contributed by atoms with Gasteiger partial charge in [-0.05, 0) is 30.3 Å². The summed E-state index contributed by atoms with van der Waals surface area (Å²) in [6.45, 7) is 0. The fourth-order valence-corrected chi connectivity index (χ4v) is 2.69. The predicted octanol–water partition coefficient (Wildman–Crippen LogP) is 4.30. The van der Waals surface area contributed by atoms with E-state index in [1.54, 1.807) is 24.3 Å². The third-order valence-electron chi connectivity index (χ3n) is 3.30. The molecule has 3 rings (SSSR count). The van der Waals surface area contributed by atoms with Crippen molar-refractivity contribution in [3.8, 4) is 0 Å². The van der Waals surface area contributed by atoms with Crippen LogP contribution < -0.4 is 0 Å². The lowest BCUT2D eigenvalue weighted by Crippen LogP contribution is -2.16. The Bertz CT molecular complexity index is 828. The number of alkyl halides is 3. The number of hydrogen-bond acceptors (Lipinski definition) is 2. The number of halogens is 4. The SMILES string of the molecule is O=C1C(c2cccc(Br)c2)=[N+]([O-])c2cc(C(F)(F)F)ccc21. The molecule has 1 heterocycles. The van der Waals surface area contributed by atoms with Crippen molar-refractivity contribution in [2.45, 2.75) is 6.18 Å². The quantitative estimate of drug-likeness (QED) is 0.555. The second-order valence-corrected chi connectivity index (χ2v) is 5.63. The molecule has 0 aromatic heterocycles. The van der Waals surface area contributed by atoms with Gasteiger partial charge in [0.2, 0.25) is 5.69 Å². The van der Waals surface area contributed by atoms with Crippen molar-refractivity contribution in [2.75, 3.05) is 0 Å². The lowest BCUT2D eigenvalue weighted by Gasteiger charge is -2.07. The van der Waals surface area contributed by atoms with Crippen LogP contribution in [0, 0.1) is 5.21 Å². The van der Waals surface area contributed by atoms with Crippen molar-refractivity contribution in [3.05, 3.63) is 68.8 Å². The second-order valence-electron chi connectivity index (χ2n) is 4.71. The molecular weight excluding hydrogens is 363 g/mol. The summed E-state index contributed by atoms with van der Waals surface area (Å²) in [4.78, 5) is 12.3. The van der Waals surface area contributed by atoms with Gasteiger partial charge in [-0.3, -0.25) is 4.79 Å². The molecule has 1 aliphatic rings. The fourth-order valence-electron chi connectivity index (χ4n) is 2.29. The summed E-state index contributed by atoms with van der Waals surface area (Å²) >= 11 is 3.23. The van der Waals surface area contributed by atoms with Gasteiger partial charge in [-0.25, -0.2) is 0 Å². The molecule has 2 aromatic rings. The van der Waals surface area contributed by atoms with Crippen molar-refractivity contribution in [2.24, 2.45) is 0 Å². The van der Waals surface area contributed by atoms with Gasteiger partial charge in [-0.15, -0.1) is 0 Å². The minimum atomic E-state index is -4.57. The Balaban J connectivity index is 2.18. The first-order chi connectivity index (χ1) is 10.3. The highest BCUT2D eigenvalue weighted by Crippen LogP contribution is 2.36. The average Bonchev–Trinajstić information content (AvgIpc) is 2.69. The number of hydrogen-bond donors (Lipinski definition) is 0. The van der Waals surface area contributed by atoms with E-state index >= 15 is 0 Å². The minimum Gasteiger partial charge on any atom is -0.618 e. The third-order valence-corrected chi connectivity index (χ3v) is 3.80. The zero-order chi connectivity index (χ0) is 16.1. The summed E-state index contributed by atoms with van der Waals surface area (Å²) < 4.78 is 39.1. The Hall–Kier alpha value is -2.15. The van der Waals surface area contributed by atoms with Crippen LogP contribution in [0.25, 0.3) is 0 Å². The summed E-state index contributed by atoms with van der Waals surface area (Å²) in [6, 6.07) is 9.01. The predicted molar refractivity (Wildman–Crippen MR) is 77.3 cm³/mol. The highest BCUT2D eigenvalue weighted by molar-refractivity contribution is 9.10. The summed E-state index contributed by atoms with van der Waals surface area (Å²) in [5.41, 5.74) is -1.11. The molecule has 3 nitrogen and oxygen atoms in total. The van der Waals surface area contributed by atoms with E-state index in [0.29, 0.717) is 16.1 Å². The first-order valence-corrected chi connectivity index (χ1v) is 6.94. The molecule has 0 N–H and O–H groups in total. The first-order valence-electron chi connectivity index (χ1n) is 6.15. The Morgan fingerprint density at radius 3 is 2.45 bits per heavy atom. The van der Waals surface area contributed by atoms with Crippen LogP contribution in [-0.4, -0.2) is 16.2 Å². The standard InChI is InChI=1S/C15H7BrF3NO2/c16-10-3-1-2-8(6-10)13-14(21)11-5-4-9(15(17,18)19)7-12(11)20(13)22/h1-7H.